The van der Waals surface area contributed by atoms with Gasteiger partial charge in [0, 0.05) is 46.6 Å². The molecule has 1 saturated heterocycles. The van der Waals surface area contributed by atoms with Gasteiger partial charge in [0.15, 0.2) is 0 Å². The van der Waals surface area contributed by atoms with Gasteiger partial charge in [0.2, 0.25) is 11.9 Å². The van der Waals surface area contributed by atoms with Crippen LogP contribution in [0.4, 0.5) is 5.95 Å². The second-order valence-corrected chi connectivity index (χ2v) is 10.1. The second-order valence-electron chi connectivity index (χ2n) is 8.82. The molecule has 0 bridgehead atoms. The molecule has 1 fully saturated rings. The highest BCUT2D eigenvalue weighted by Gasteiger charge is 2.37. The number of hydrogen-bond donors (Lipinski definition) is 1. The highest BCUT2D eigenvalue weighted by molar-refractivity contribution is 9.10. The van der Waals surface area contributed by atoms with Gasteiger partial charge < -0.3 is 14.9 Å². The number of benzene rings is 2. The molecule has 1 N–H and O–H groups in total. The first-order chi connectivity index (χ1) is 16.9. The number of halogens is 2. The predicted octanol–water partition coefficient (Wildman–Crippen LogP) is 5.03. The van der Waals surface area contributed by atoms with E-state index in [1.807, 2.05) is 54.6 Å². The quantitative estimate of drug-likeness (QED) is 0.455. The van der Waals surface area contributed by atoms with Crippen LogP contribution in [-0.2, 0) is 9.59 Å². The number of fused-ring (bicyclic) bond motifs is 1. The SMILES string of the molecule is O=C(O)[C@H]1CC=CC[C@@H]1C(=O)N1CCN(c2nc(-c3ccccc3Cl)c3cc(Br)ccc3n2)CC1. The normalized spacial score (nSPS) is 20.3. The van der Waals surface area contributed by atoms with Gasteiger partial charge in [0.05, 0.1) is 23.0 Å². The Bertz CT molecular complexity index is 1320. The molecular weight excluding hydrogens is 532 g/mol. The number of carboxylic acids is 1. The molecule has 180 valence electrons. The summed E-state index contributed by atoms with van der Waals surface area (Å²) in [7, 11) is 0. The van der Waals surface area contributed by atoms with Crippen LogP contribution in [0.3, 0.4) is 0 Å². The lowest BCUT2D eigenvalue weighted by atomic mass is 9.82. The molecule has 1 aromatic heterocycles. The van der Waals surface area contributed by atoms with E-state index in [4.69, 9.17) is 21.6 Å². The third-order valence-electron chi connectivity index (χ3n) is 6.72. The van der Waals surface area contributed by atoms with Crippen molar-refractivity contribution in [3.05, 3.63) is 64.1 Å². The van der Waals surface area contributed by atoms with Crippen LogP contribution in [0.1, 0.15) is 12.8 Å². The maximum Gasteiger partial charge on any atom is 0.307 e. The number of carboxylic acid groups (broad SMARTS) is 1. The highest BCUT2D eigenvalue weighted by Crippen LogP contribution is 2.34. The smallest absolute Gasteiger partial charge is 0.307 e. The third-order valence-corrected chi connectivity index (χ3v) is 7.54. The lowest BCUT2D eigenvalue weighted by molar-refractivity contribution is -0.150. The number of carbonyl (C=O) groups excluding carboxylic acids is 1. The zero-order valence-electron chi connectivity index (χ0n) is 18.9. The summed E-state index contributed by atoms with van der Waals surface area (Å²) >= 11 is 10.1. The molecule has 9 heteroatoms. The number of amides is 1. The van der Waals surface area contributed by atoms with Crippen LogP contribution >= 0.6 is 27.5 Å². The molecule has 7 nitrogen and oxygen atoms in total. The van der Waals surface area contributed by atoms with E-state index in [0.29, 0.717) is 50.0 Å². The van der Waals surface area contributed by atoms with Crippen molar-refractivity contribution >= 4 is 56.3 Å². The van der Waals surface area contributed by atoms with Crippen molar-refractivity contribution in [2.24, 2.45) is 11.8 Å². The molecule has 0 saturated carbocycles. The van der Waals surface area contributed by atoms with Crippen molar-refractivity contribution in [2.45, 2.75) is 12.8 Å². The van der Waals surface area contributed by atoms with Crippen molar-refractivity contribution in [2.75, 3.05) is 31.1 Å². The van der Waals surface area contributed by atoms with Gasteiger partial charge >= 0.3 is 5.97 Å². The molecule has 2 atom stereocenters. The van der Waals surface area contributed by atoms with Gasteiger partial charge in [-0.2, -0.15) is 0 Å². The van der Waals surface area contributed by atoms with E-state index < -0.39 is 17.8 Å². The van der Waals surface area contributed by atoms with Crippen LogP contribution in [0, 0.1) is 11.8 Å². The largest absolute Gasteiger partial charge is 0.481 e. The van der Waals surface area contributed by atoms with Crippen molar-refractivity contribution in [3.63, 3.8) is 0 Å². The summed E-state index contributed by atoms with van der Waals surface area (Å²) in [5.74, 6) is -1.57. The number of piperazine rings is 1. The Labute approximate surface area is 216 Å². The van der Waals surface area contributed by atoms with Gasteiger partial charge in [-0.25, -0.2) is 9.97 Å². The zero-order valence-corrected chi connectivity index (χ0v) is 21.2. The fourth-order valence-corrected chi connectivity index (χ4v) is 5.40. The van der Waals surface area contributed by atoms with Crippen LogP contribution in [0.15, 0.2) is 59.1 Å². The minimum Gasteiger partial charge on any atom is -0.481 e. The second kappa shape index (κ2) is 9.95. The Morgan fingerprint density at radius 1 is 0.971 bits per heavy atom. The van der Waals surface area contributed by atoms with Crippen LogP contribution < -0.4 is 4.90 Å². The van der Waals surface area contributed by atoms with E-state index in [1.54, 1.807) is 4.90 Å². The van der Waals surface area contributed by atoms with Gasteiger partial charge in [-0.1, -0.05) is 57.9 Å². The van der Waals surface area contributed by atoms with Crippen LogP contribution in [-0.4, -0.2) is 58.0 Å². The number of carbonyl (C=O) groups is 2. The molecule has 5 rings (SSSR count). The predicted molar refractivity (Wildman–Crippen MR) is 139 cm³/mol. The van der Waals surface area contributed by atoms with Crippen LogP contribution in [0.2, 0.25) is 5.02 Å². The Morgan fingerprint density at radius 2 is 1.69 bits per heavy atom. The lowest BCUT2D eigenvalue weighted by Crippen LogP contribution is -2.52. The molecule has 1 aliphatic heterocycles. The summed E-state index contributed by atoms with van der Waals surface area (Å²) in [6.07, 6.45) is 4.64. The molecule has 0 spiro atoms. The van der Waals surface area contributed by atoms with Gasteiger partial charge in [-0.3, -0.25) is 9.59 Å². The third kappa shape index (κ3) is 4.77. The fourth-order valence-electron chi connectivity index (χ4n) is 4.81. The van der Waals surface area contributed by atoms with Crippen LogP contribution in [0.25, 0.3) is 22.2 Å². The van der Waals surface area contributed by atoms with E-state index in [0.717, 1.165) is 26.6 Å². The first-order valence-corrected chi connectivity index (χ1v) is 12.7. The standard InChI is InChI=1S/C26H24BrClN4O3/c27-16-9-10-22-20(15-16)23(19-7-3-4-8-21(19)28)30-26(29-22)32-13-11-31(12-14-32)24(33)17-5-1-2-6-18(17)25(34)35/h1-4,7-10,15,17-18H,5-6,11-14H2,(H,34,35)/t17-,18-/m0/s1. The molecule has 2 aromatic carbocycles. The lowest BCUT2D eigenvalue weighted by Gasteiger charge is -2.37. The maximum atomic E-state index is 13.2. The first-order valence-electron chi connectivity index (χ1n) is 11.6. The minimum atomic E-state index is -0.908. The van der Waals surface area contributed by atoms with Gasteiger partial charge in [-0.15, -0.1) is 0 Å². The van der Waals surface area contributed by atoms with E-state index in [9.17, 15) is 14.7 Å². The summed E-state index contributed by atoms with van der Waals surface area (Å²) in [6.45, 7) is 2.12. The topological polar surface area (TPSA) is 86.6 Å². The van der Waals surface area contributed by atoms with Crippen molar-refractivity contribution in [1.82, 2.24) is 14.9 Å². The summed E-state index contributed by atoms with van der Waals surface area (Å²) in [6, 6.07) is 13.5. The van der Waals surface area contributed by atoms with Gasteiger partial charge in [0.25, 0.3) is 0 Å². The minimum absolute atomic E-state index is 0.0811. The monoisotopic (exact) mass is 554 g/mol. The average Bonchev–Trinajstić information content (AvgIpc) is 2.88. The highest BCUT2D eigenvalue weighted by atomic mass is 79.9. The molecule has 2 aliphatic rings. The summed E-state index contributed by atoms with van der Waals surface area (Å²) in [5, 5.41) is 11.1. The molecule has 0 radical (unpaired) electrons. The van der Waals surface area contributed by atoms with E-state index >= 15 is 0 Å². The molecule has 0 unspecified atom stereocenters. The number of aromatic nitrogens is 2. The number of nitrogens with zero attached hydrogens (tertiary/aromatic N) is 4. The summed E-state index contributed by atoms with van der Waals surface area (Å²) in [4.78, 5) is 38.4. The average molecular weight is 556 g/mol. The molecule has 3 aromatic rings. The van der Waals surface area contributed by atoms with Crippen LogP contribution in [0.5, 0.6) is 0 Å². The zero-order chi connectivity index (χ0) is 24.5. The first kappa shape index (κ1) is 23.8. The van der Waals surface area contributed by atoms with Gasteiger partial charge in [-0.05, 0) is 37.1 Å². The molecule has 1 aliphatic carbocycles. The Kier molecular flexibility index (Phi) is 6.75. The molecular formula is C26H24BrClN4O3. The molecule has 35 heavy (non-hydrogen) atoms. The van der Waals surface area contributed by atoms with Crippen molar-refractivity contribution in [3.8, 4) is 11.3 Å². The number of hydrogen-bond acceptors (Lipinski definition) is 5. The summed E-state index contributed by atoms with van der Waals surface area (Å²) in [5.41, 5.74) is 2.40. The number of aliphatic carboxylic acids is 1. The maximum absolute atomic E-state index is 13.2. The Hall–Kier alpha value is -2.97. The Balaban J connectivity index is 1.40. The number of allylic oxidation sites excluding steroid dienone is 2. The fraction of sp³-hybridized carbons (Fsp3) is 0.308. The van der Waals surface area contributed by atoms with Gasteiger partial charge in [0.1, 0.15) is 0 Å². The number of rotatable bonds is 4. The van der Waals surface area contributed by atoms with Crippen molar-refractivity contribution in [1.29, 1.82) is 0 Å². The van der Waals surface area contributed by atoms with E-state index in [-0.39, 0.29) is 5.91 Å². The van der Waals surface area contributed by atoms with E-state index in [1.165, 1.54) is 0 Å². The number of anilines is 1. The van der Waals surface area contributed by atoms with E-state index in [2.05, 4.69) is 20.8 Å². The molecule has 2 heterocycles. The van der Waals surface area contributed by atoms with Crippen molar-refractivity contribution < 1.29 is 14.7 Å². The Morgan fingerprint density at radius 3 is 2.40 bits per heavy atom. The summed E-state index contributed by atoms with van der Waals surface area (Å²) < 4.78 is 0.930. The molecule has 1 amide bonds.